The van der Waals surface area contributed by atoms with Crippen LogP contribution in [0.25, 0.3) is 0 Å². The Balaban J connectivity index is 2.58. The molecule has 0 amide bonds. The van der Waals surface area contributed by atoms with Gasteiger partial charge in [-0.1, -0.05) is 31.5 Å². The van der Waals surface area contributed by atoms with Crippen LogP contribution in [-0.4, -0.2) is 35.8 Å². The SMILES string of the molecule is CCN(CC)CCC(Sc1ccc(C)cc1)C(=O)[O-]. The molecule has 0 radical (unpaired) electrons. The third kappa shape index (κ3) is 5.66. The van der Waals surface area contributed by atoms with Crippen molar-refractivity contribution in [3.63, 3.8) is 0 Å². The molecule has 0 bridgehead atoms. The minimum absolute atomic E-state index is 0.483. The monoisotopic (exact) mass is 280 g/mol. The smallest absolute Gasteiger partial charge is 0.0548 e. The van der Waals surface area contributed by atoms with Crippen LogP contribution in [0.5, 0.6) is 0 Å². The number of carbonyl (C=O) groups is 1. The maximum Gasteiger partial charge on any atom is 0.0548 e. The van der Waals surface area contributed by atoms with Crippen molar-refractivity contribution in [2.75, 3.05) is 19.6 Å². The van der Waals surface area contributed by atoms with E-state index in [-0.39, 0.29) is 0 Å². The molecule has 0 aliphatic carbocycles. The Morgan fingerprint density at radius 2 is 1.84 bits per heavy atom. The zero-order chi connectivity index (χ0) is 14.3. The van der Waals surface area contributed by atoms with Crippen molar-refractivity contribution in [2.45, 2.75) is 37.3 Å². The van der Waals surface area contributed by atoms with Gasteiger partial charge in [0.15, 0.2) is 0 Å². The first-order valence-corrected chi connectivity index (χ1v) is 7.61. The fourth-order valence-electron chi connectivity index (χ4n) is 1.85. The molecular formula is C15H22NO2S-. The topological polar surface area (TPSA) is 43.4 Å². The average Bonchev–Trinajstić information content (AvgIpc) is 2.40. The van der Waals surface area contributed by atoms with E-state index in [0.29, 0.717) is 6.42 Å². The Hall–Kier alpha value is -1.00. The van der Waals surface area contributed by atoms with E-state index < -0.39 is 11.2 Å². The molecule has 0 aliphatic rings. The van der Waals surface area contributed by atoms with Crippen LogP contribution in [0.4, 0.5) is 0 Å². The molecule has 0 fully saturated rings. The summed E-state index contributed by atoms with van der Waals surface area (Å²) in [5, 5.41) is 10.7. The summed E-state index contributed by atoms with van der Waals surface area (Å²) in [7, 11) is 0. The van der Waals surface area contributed by atoms with Crippen LogP contribution in [0, 0.1) is 6.92 Å². The fourth-order valence-corrected chi connectivity index (χ4v) is 2.79. The van der Waals surface area contributed by atoms with E-state index in [9.17, 15) is 9.90 Å². The number of carbonyl (C=O) groups excluding carboxylic acids is 1. The first kappa shape index (κ1) is 16.1. The molecule has 1 aromatic carbocycles. The van der Waals surface area contributed by atoms with Gasteiger partial charge in [-0.05, 0) is 45.1 Å². The third-order valence-corrected chi connectivity index (χ3v) is 4.42. The van der Waals surface area contributed by atoms with Gasteiger partial charge < -0.3 is 14.8 Å². The molecule has 1 unspecified atom stereocenters. The first-order chi connectivity index (χ1) is 9.06. The quantitative estimate of drug-likeness (QED) is 0.683. The van der Waals surface area contributed by atoms with Gasteiger partial charge in [-0.3, -0.25) is 0 Å². The van der Waals surface area contributed by atoms with E-state index in [1.54, 1.807) is 0 Å². The van der Waals surface area contributed by atoms with Crippen molar-refractivity contribution in [3.05, 3.63) is 29.8 Å². The normalized spacial score (nSPS) is 12.6. The molecule has 0 heterocycles. The Morgan fingerprint density at radius 1 is 1.26 bits per heavy atom. The molecule has 4 heteroatoms. The number of benzene rings is 1. The highest BCUT2D eigenvalue weighted by Crippen LogP contribution is 2.25. The number of rotatable bonds is 8. The number of hydrogen-bond acceptors (Lipinski definition) is 4. The van der Waals surface area contributed by atoms with E-state index in [1.165, 1.54) is 17.3 Å². The molecular weight excluding hydrogens is 258 g/mol. The predicted molar refractivity (Wildman–Crippen MR) is 78.2 cm³/mol. The number of nitrogens with zero attached hydrogens (tertiary/aromatic N) is 1. The van der Waals surface area contributed by atoms with E-state index >= 15 is 0 Å². The minimum Gasteiger partial charge on any atom is -0.549 e. The second kappa shape index (κ2) is 8.23. The lowest BCUT2D eigenvalue weighted by molar-refractivity contribution is -0.304. The van der Waals surface area contributed by atoms with E-state index in [4.69, 9.17) is 0 Å². The molecule has 3 nitrogen and oxygen atoms in total. The lowest BCUT2D eigenvalue weighted by Gasteiger charge is -2.23. The highest BCUT2D eigenvalue weighted by Gasteiger charge is 2.13. The van der Waals surface area contributed by atoms with Crippen LogP contribution in [0.2, 0.25) is 0 Å². The van der Waals surface area contributed by atoms with Crippen LogP contribution >= 0.6 is 11.8 Å². The molecule has 0 aliphatic heterocycles. The number of aryl methyl sites for hydroxylation is 1. The first-order valence-electron chi connectivity index (χ1n) is 6.73. The van der Waals surface area contributed by atoms with Crippen LogP contribution in [0.3, 0.4) is 0 Å². The lowest BCUT2D eigenvalue weighted by atomic mass is 10.2. The second-order valence-corrected chi connectivity index (χ2v) is 5.83. The highest BCUT2D eigenvalue weighted by atomic mass is 32.2. The summed E-state index contributed by atoms with van der Waals surface area (Å²) in [6.45, 7) is 8.89. The summed E-state index contributed by atoms with van der Waals surface area (Å²) in [6, 6.07) is 7.93. The number of aliphatic carboxylic acids is 1. The Labute approximate surface area is 120 Å². The zero-order valence-electron chi connectivity index (χ0n) is 11.9. The molecule has 106 valence electrons. The zero-order valence-corrected chi connectivity index (χ0v) is 12.7. The molecule has 1 aromatic rings. The predicted octanol–water partition coefficient (Wildman–Crippen LogP) is 1.94. The van der Waals surface area contributed by atoms with E-state index in [2.05, 4.69) is 18.7 Å². The molecule has 1 rings (SSSR count). The lowest BCUT2D eigenvalue weighted by Crippen LogP contribution is -2.36. The summed E-state index contributed by atoms with van der Waals surface area (Å²) in [5.41, 5.74) is 1.18. The summed E-state index contributed by atoms with van der Waals surface area (Å²) >= 11 is 1.38. The maximum absolute atomic E-state index is 11.2. The minimum atomic E-state index is -0.974. The fraction of sp³-hybridized carbons (Fsp3) is 0.533. The van der Waals surface area contributed by atoms with Gasteiger partial charge in [-0.25, -0.2) is 0 Å². The van der Waals surface area contributed by atoms with Gasteiger partial charge in [0, 0.05) is 4.90 Å². The number of carboxylic acids is 1. The number of carboxylic acid groups (broad SMARTS) is 1. The number of hydrogen-bond donors (Lipinski definition) is 0. The van der Waals surface area contributed by atoms with Crippen molar-refractivity contribution >= 4 is 17.7 Å². The van der Waals surface area contributed by atoms with Gasteiger partial charge in [0.05, 0.1) is 11.2 Å². The van der Waals surface area contributed by atoms with Crippen molar-refractivity contribution in [2.24, 2.45) is 0 Å². The van der Waals surface area contributed by atoms with Gasteiger partial charge in [0.2, 0.25) is 0 Å². The third-order valence-electron chi connectivity index (χ3n) is 3.16. The standard InChI is InChI=1S/C15H23NO2S/c1-4-16(5-2)11-10-14(15(17)18)19-13-8-6-12(3)7-9-13/h6-9,14H,4-5,10-11H2,1-3H3,(H,17,18)/p-1. The van der Waals surface area contributed by atoms with Crippen molar-refractivity contribution in [3.8, 4) is 0 Å². The molecule has 0 saturated heterocycles. The molecule has 1 atom stereocenters. The highest BCUT2D eigenvalue weighted by molar-refractivity contribution is 8.00. The van der Waals surface area contributed by atoms with Gasteiger partial charge in [0.1, 0.15) is 0 Å². The van der Waals surface area contributed by atoms with Crippen molar-refractivity contribution in [1.82, 2.24) is 4.90 Å². The van der Waals surface area contributed by atoms with Gasteiger partial charge in [-0.2, -0.15) is 0 Å². The average molecular weight is 280 g/mol. The Morgan fingerprint density at radius 3 is 2.32 bits per heavy atom. The molecule has 0 spiro atoms. The largest absolute Gasteiger partial charge is 0.549 e. The van der Waals surface area contributed by atoms with Gasteiger partial charge >= 0.3 is 0 Å². The molecule has 0 saturated carbocycles. The molecule has 0 N–H and O–H groups in total. The second-order valence-electron chi connectivity index (χ2n) is 4.55. The van der Waals surface area contributed by atoms with Crippen molar-refractivity contribution < 1.29 is 9.90 Å². The summed E-state index contributed by atoms with van der Waals surface area (Å²) < 4.78 is 0. The van der Waals surface area contributed by atoms with Crippen LogP contribution in [0.15, 0.2) is 29.2 Å². The summed E-state index contributed by atoms with van der Waals surface area (Å²) in [5.74, 6) is -0.974. The van der Waals surface area contributed by atoms with E-state index in [1.807, 2.05) is 31.2 Å². The van der Waals surface area contributed by atoms with Crippen LogP contribution in [0.1, 0.15) is 25.8 Å². The molecule has 0 aromatic heterocycles. The summed E-state index contributed by atoms with van der Waals surface area (Å²) in [4.78, 5) is 14.4. The van der Waals surface area contributed by atoms with Crippen LogP contribution in [-0.2, 0) is 4.79 Å². The van der Waals surface area contributed by atoms with E-state index in [0.717, 1.165) is 24.5 Å². The van der Waals surface area contributed by atoms with Gasteiger partial charge in [-0.15, -0.1) is 11.8 Å². The molecule has 19 heavy (non-hydrogen) atoms. The number of thioether (sulfide) groups is 1. The van der Waals surface area contributed by atoms with Gasteiger partial charge in [0.25, 0.3) is 0 Å². The Bertz CT molecular complexity index is 388. The van der Waals surface area contributed by atoms with Crippen molar-refractivity contribution in [1.29, 1.82) is 0 Å². The maximum atomic E-state index is 11.2. The Kier molecular flexibility index (Phi) is 6.95. The summed E-state index contributed by atoms with van der Waals surface area (Å²) in [6.07, 6.45) is 0.614. The van der Waals surface area contributed by atoms with Crippen LogP contribution < -0.4 is 5.11 Å².